The zero-order chi connectivity index (χ0) is 14.0. The van der Waals surface area contributed by atoms with Crippen molar-refractivity contribution in [3.05, 3.63) is 17.2 Å². The first-order valence-corrected chi connectivity index (χ1v) is 5.76. The smallest absolute Gasteiger partial charge is 0.345 e. The standard InChI is InChI=1S/C13H14O6/c1-4-18-13(15)11-8(16-2)5-9-10(12(11)17-3)7(14)6-19-9/h5H,4,6H2,1-3H3. The van der Waals surface area contributed by atoms with E-state index in [1.807, 2.05) is 0 Å². The van der Waals surface area contributed by atoms with E-state index in [-0.39, 0.29) is 41.6 Å². The Kier molecular flexibility index (Phi) is 3.59. The van der Waals surface area contributed by atoms with E-state index in [0.717, 1.165) is 0 Å². The lowest BCUT2D eigenvalue weighted by Crippen LogP contribution is -2.11. The minimum absolute atomic E-state index is 0.0683. The summed E-state index contributed by atoms with van der Waals surface area (Å²) in [5.74, 6) is -0.0930. The molecule has 2 rings (SSSR count). The van der Waals surface area contributed by atoms with Gasteiger partial charge in [0.1, 0.15) is 22.6 Å². The highest BCUT2D eigenvalue weighted by atomic mass is 16.5. The van der Waals surface area contributed by atoms with Crippen LogP contribution in [0.15, 0.2) is 6.07 Å². The molecule has 0 aromatic heterocycles. The zero-order valence-corrected chi connectivity index (χ0v) is 10.9. The Morgan fingerprint density at radius 1 is 1.37 bits per heavy atom. The van der Waals surface area contributed by atoms with Gasteiger partial charge in [0.2, 0.25) is 5.78 Å². The molecule has 0 unspecified atom stereocenters. The molecule has 6 nitrogen and oxygen atoms in total. The van der Waals surface area contributed by atoms with Crippen molar-refractivity contribution >= 4 is 11.8 Å². The van der Waals surface area contributed by atoms with E-state index < -0.39 is 5.97 Å². The Bertz CT molecular complexity index is 534. The highest BCUT2D eigenvalue weighted by molar-refractivity contribution is 6.09. The second-order valence-corrected chi connectivity index (χ2v) is 3.79. The van der Waals surface area contributed by atoms with Crippen LogP contribution in [0.5, 0.6) is 17.2 Å². The van der Waals surface area contributed by atoms with Gasteiger partial charge in [-0.2, -0.15) is 0 Å². The topological polar surface area (TPSA) is 71.1 Å². The van der Waals surface area contributed by atoms with Gasteiger partial charge in [-0.05, 0) is 6.92 Å². The van der Waals surface area contributed by atoms with E-state index in [1.165, 1.54) is 20.3 Å². The summed E-state index contributed by atoms with van der Waals surface area (Å²) in [6.45, 7) is 1.84. The third-order valence-electron chi connectivity index (χ3n) is 2.75. The summed E-state index contributed by atoms with van der Waals surface area (Å²) < 4.78 is 20.5. The molecular formula is C13H14O6. The number of carbonyl (C=O) groups excluding carboxylic acids is 2. The van der Waals surface area contributed by atoms with E-state index in [4.69, 9.17) is 18.9 Å². The summed E-state index contributed by atoms with van der Waals surface area (Å²) in [6, 6.07) is 1.50. The Morgan fingerprint density at radius 3 is 2.68 bits per heavy atom. The van der Waals surface area contributed by atoms with Crippen LogP contribution in [0.1, 0.15) is 27.6 Å². The first kappa shape index (κ1) is 13.2. The molecule has 0 N–H and O–H groups in total. The van der Waals surface area contributed by atoms with Crippen molar-refractivity contribution in [3.63, 3.8) is 0 Å². The summed E-state index contributed by atoms with van der Waals surface area (Å²) in [5.41, 5.74) is 0.357. The van der Waals surface area contributed by atoms with Crippen LogP contribution in [0.4, 0.5) is 0 Å². The van der Waals surface area contributed by atoms with Crippen molar-refractivity contribution in [2.24, 2.45) is 0 Å². The lowest BCUT2D eigenvalue weighted by atomic mass is 10.0. The molecule has 0 bridgehead atoms. The fraction of sp³-hybridized carbons (Fsp3) is 0.385. The predicted molar refractivity (Wildman–Crippen MR) is 65.3 cm³/mol. The summed E-state index contributed by atoms with van der Waals surface area (Å²) in [6.07, 6.45) is 0. The molecule has 0 fully saturated rings. The Balaban J connectivity index is 2.66. The van der Waals surface area contributed by atoms with Gasteiger partial charge in [-0.25, -0.2) is 4.79 Å². The number of carbonyl (C=O) groups is 2. The predicted octanol–water partition coefficient (Wildman–Crippen LogP) is 1.46. The van der Waals surface area contributed by atoms with Gasteiger partial charge < -0.3 is 18.9 Å². The molecule has 0 spiro atoms. The molecule has 102 valence electrons. The Labute approximate surface area is 110 Å². The fourth-order valence-corrected chi connectivity index (χ4v) is 1.97. The van der Waals surface area contributed by atoms with Crippen LogP contribution < -0.4 is 14.2 Å². The van der Waals surface area contributed by atoms with E-state index in [0.29, 0.717) is 5.75 Å². The summed E-state index contributed by atoms with van der Waals surface area (Å²) >= 11 is 0. The second-order valence-electron chi connectivity index (χ2n) is 3.79. The van der Waals surface area contributed by atoms with E-state index in [9.17, 15) is 9.59 Å². The average molecular weight is 266 g/mol. The quantitative estimate of drug-likeness (QED) is 0.768. The van der Waals surface area contributed by atoms with Crippen LogP contribution >= 0.6 is 0 Å². The molecule has 0 amide bonds. The first-order chi connectivity index (χ1) is 9.13. The molecule has 1 heterocycles. The van der Waals surface area contributed by atoms with Gasteiger partial charge in [-0.15, -0.1) is 0 Å². The van der Waals surface area contributed by atoms with Gasteiger partial charge >= 0.3 is 5.97 Å². The van der Waals surface area contributed by atoms with Crippen LogP contribution in [0.2, 0.25) is 0 Å². The van der Waals surface area contributed by atoms with Crippen molar-refractivity contribution < 1.29 is 28.5 Å². The van der Waals surface area contributed by atoms with Gasteiger partial charge in [0.15, 0.2) is 12.4 Å². The number of Topliss-reactive ketones (excluding diaryl/α,β-unsaturated/α-hetero) is 1. The van der Waals surface area contributed by atoms with Crippen LogP contribution in [-0.4, -0.2) is 39.2 Å². The van der Waals surface area contributed by atoms with Crippen molar-refractivity contribution in [1.82, 2.24) is 0 Å². The van der Waals surface area contributed by atoms with E-state index in [1.54, 1.807) is 6.92 Å². The Hall–Kier alpha value is -2.24. The third-order valence-corrected chi connectivity index (χ3v) is 2.75. The molecule has 0 saturated carbocycles. The average Bonchev–Trinajstić information content (AvgIpc) is 2.78. The fourth-order valence-electron chi connectivity index (χ4n) is 1.97. The van der Waals surface area contributed by atoms with Crippen LogP contribution in [0, 0.1) is 0 Å². The molecule has 1 aromatic rings. The Morgan fingerprint density at radius 2 is 2.11 bits per heavy atom. The lowest BCUT2D eigenvalue weighted by Gasteiger charge is -2.14. The summed E-state index contributed by atoms with van der Waals surface area (Å²) in [4.78, 5) is 23.8. The highest BCUT2D eigenvalue weighted by Gasteiger charge is 2.33. The number of ketones is 1. The number of benzene rings is 1. The molecule has 19 heavy (non-hydrogen) atoms. The number of methoxy groups -OCH3 is 2. The molecule has 1 aliphatic rings. The number of hydrogen-bond donors (Lipinski definition) is 0. The maximum atomic E-state index is 12.0. The highest BCUT2D eigenvalue weighted by Crippen LogP contribution is 2.42. The monoisotopic (exact) mass is 266 g/mol. The molecule has 0 radical (unpaired) electrons. The minimum Gasteiger partial charge on any atom is -0.496 e. The number of hydrogen-bond acceptors (Lipinski definition) is 6. The van der Waals surface area contributed by atoms with Gasteiger partial charge in [0, 0.05) is 6.07 Å². The van der Waals surface area contributed by atoms with Gasteiger partial charge in [0.25, 0.3) is 0 Å². The first-order valence-electron chi connectivity index (χ1n) is 5.76. The van der Waals surface area contributed by atoms with Crippen molar-refractivity contribution in [2.75, 3.05) is 27.4 Å². The van der Waals surface area contributed by atoms with E-state index >= 15 is 0 Å². The summed E-state index contributed by atoms with van der Waals surface area (Å²) in [5, 5.41) is 0. The molecule has 1 aliphatic heterocycles. The van der Waals surface area contributed by atoms with Gasteiger partial charge in [0.05, 0.1) is 20.8 Å². The minimum atomic E-state index is -0.598. The van der Waals surface area contributed by atoms with Crippen molar-refractivity contribution in [1.29, 1.82) is 0 Å². The molecule has 6 heteroatoms. The second kappa shape index (κ2) is 5.17. The maximum absolute atomic E-state index is 12.0. The van der Waals surface area contributed by atoms with Crippen LogP contribution in [0.25, 0.3) is 0 Å². The maximum Gasteiger partial charge on any atom is 0.345 e. The van der Waals surface area contributed by atoms with E-state index in [2.05, 4.69) is 0 Å². The summed E-state index contributed by atoms with van der Waals surface area (Å²) in [7, 11) is 2.80. The normalized spacial score (nSPS) is 12.7. The number of ether oxygens (including phenoxy) is 4. The SMILES string of the molecule is CCOC(=O)c1c(OC)cc2c(c1OC)C(=O)CO2. The molecule has 1 aromatic carbocycles. The number of fused-ring (bicyclic) bond motifs is 1. The van der Waals surface area contributed by atoms with Gasteiger partial charge in [-0.3, -0.25) is 4.79 Å². The van der Waals surface area contributed by atoms with Gasteiger partial charge in [-0.1, -0.05) is 0 Å². The lowest BCUT2D eigenvalue weighted by molar-refractivity contribution is 0.0519. The molecular weight excluding hydrogens is 252 g/mol. The van der Waals surface area contributed by atoms with Crippen LogP contribution in [0.3, 0.4) is 0 Å². The van der Waals surface area contributed by atoms with Crippen molar-refractivity contribution in [2.45, 2.75) is 6.92 Å². The largest absolute Gasteiger partial charge is 0.496 e. The molecule has 0 atom stereocenters. The molecule has 0 aliphatic carbocycles. The number of esters is 1. The zero-order valence-electron chi connectivity index (χ0n) is 10.9. The molecule has 0 saturated heterocycles. The van der Waals surface area contributed by atoms with Crippen molar-refractivity contribution in [3.8, 4) is 17.2 Å². The number of rotatable bonds is 4. The van der Waals surface area contributed by atoms with Crippen LogP contribution in [-0.2, 0) is 4.74 Å². The third kappa shape index (κ3) is 2.09.